The average Bonchev–Trinajstić information content (AvgIpc) is 2.32. The number of ether oxygens (including phenoxy) is 1. The number of methoxy groups -OCH3 is 1. The van der Waals surface area contributed by atoms with Crippen LogP contribution < -0.4 is 10.5 Å². The summed E-state index contributed by atoms with van der Waals surface area (Å²) in [5, 5.41) is 0. The maximum Gasteiger partial charge on any atom is 0.122 e. The molecule has 88 valence electrons. The summed E-state index contributed by atoms with van der Waals surface area (Å²) in [5.41, 5.74) is 11.4. The van der Waals surface area contributed by atoms with E-state index in [0.717, 1.165) is 22.6 Å². The molecule has 0 fully saturated rings. The highest BCUT2D eigenvalue weighted by molar-refractivity contribution is 5.79. The molecule has 0 spiro atoms. The predicted molar refractivity (Wildman–Crippen MR) is 72.3 cm³/mol. The molecule has 0 saturated carbocycles. The van der Waals surface area contributed by atoms with E-state index < -0.39 is 0 Å². The lowest BCUT2D eigenvalue weighted by Gasteiger charge is -2.13. The lowest BCUT2D eigenvalue weighted by atomic mass is 9.96. The van der Waals surface area contributed by atoms with Gasteiger partial charge in [0, 0.05) is 11.3 Å². The second-order valence-corrected chi connectivity index (χ2v) is 4.22. The van der Waals surface area contributed by atoms with Crippen LogP contribution in [0.25, 0.3) is 11.1 Å². The third-order valence-corrected chi connectivity index (χ3v) is 2.99. The van der Waals surface area contributed by atoms with E-state index in [-0.39, 0.29) is 0 Å². The standard InChI is InChI=1S/C15H17NO/c1-10-9-15(17-3)11(2)8-13(10)12-6-4-5-7-14(12)16/h4-9H,16H2,1-3H3. The number of aryl methyl sites for hydroxylation is 2. The molecule has 17 heavy (non-hydrogen) atoms. The van der Waals surface area contributed by atoms with Crippen LogP contribution in [0, 0.1) is 13.8 Å². The van der Waals surface area contributed by atoms with E-state index in [4.69, 9.17) is 10.5 Å². The smallest absolute Gasteiger partial charge is 0.122 e. The van der Waals surface area contributed by atoms with Crippen molar-refractivity contribution < 1.29 is 4.74 Å². The molecule has 2 rings (SSSR count). The molecule has 2 nitrogen and oxygen atoms in total. The van der Waals surface area contributed by atoms with Gasteiger partial charge in [0.25, 0.3) is 0 Å². The second kappa shape index (κ2) is 4.50. The third kappa shape index (κ3) is 2.11. The molecule has 0 aliphatic rings. The number of anilines is 1. The number of rotatable bonds is 2. The molecule has 0 saturated heterocycles. The summed E-state index contributed by atoms with van der Waals surface area (Å²) in [6.45, 7) is 4.12. The van der Waals surface area contributed by atoms with Gasteiger partial charge in [-0.1, -0.05) is 18.2 Å². The van der Waals surface area contributed by atoms with E-state index in [9.17, 15) is 0 Å². The van der Waals surface area contributed by atoms with Gasteiger partial charge in [-0.2, -0.15) is 0 Å². The molecular formula is C15H17NO. The Morgan fingerprint density at radius 1 is 0.941 bits per heavy atom. The SMILES string of the molecule is COc1cc(C)c(-c2ccccc2N)cc1C. The van der Waals surface area contributed by atoms with Crippen LogP contribution in [-0.2, 0) is 0 Å². The molecule has 2 heteroatoms. The molecule has 0 heterocycles. The number of hydrogen-bond donors (Lipinski definition) is 1. The Labute approximate surface area is 102 Å². The highest BCUT2D eigenvalue weighted by Gasteiger charge is 2.08. The minimum Gasteiger partial charge on any atom is -0.496 e. The van der Waals surface area contributed by atoms with Gasteiger partial charge in [0.1, 0.15) is 5.75 Å². The quantitative estimate of drug-likeness (QED) is 0.796. The molecule has 0 atom stereocenters. The first-order valence-electron chi connectivity index (χ1n) is 5.63. The Bertz CT molecular complexity index is 547. The number of benzene rings is 2. The van der Waals surface area contributed by atoms with E-state index in [2.05, 4.69) is 19.1 Å². The van der Waals surface area contributed by atoms with Crippen LogP contribution in [-0.4, -0.2) is 7.11 Å². The molecule has 0 bridgehead atoms. The minimum atomic E-state index is 0.806. The normalized spacial score (nSPS) is 10.3. The molecule has 0 aliphatic carbocycles. The van der Waals surface area contributed by atoms with Crippen molar-refractivity contribution in [2.45, 2.75) is 13.8 Å². The monoisotopic (exact) mass is 227 g/mol. The zero-order valence-electron chi connectivity index (χ0n) is 10.4. The highest BCUT2D eigenvalue weighted by atomic mass is 16.5. The maximum absolute atomic E-state index is 6.01. The molecule has 0 aliphatic heterocycles. The van der Waals surface area contributed by atoms with Crippen LogP contribution in [0.15, 0.2) is 36.4 Å². The molecule has 2 aromatic carbocycles. The molecule has 2 N–H and O–H groups in total. The predicted octanol–water partition coefficient (Wildman–Crippen LogP) is 3.56. The van der Waals surface area contributed by atoms with E-state index in [1.807, 2.05) is 31.2 Å². The second-order valence-electron chi connectivity index (χ2n) is 4.22. The molecule has 0 unspecified atom stereocenters. The fourth-order valence-electron chi connectivity index (χ4n) is 2.04. The first-order chi connectivity index (χ1) is 8.13. The first kappa shape index (κ1) is 11.5. The molecule has 0 radical (unpaired) electrons. The van der Waals surface area contributed by atoms with Crippen molar-refractivity contribution in [2.75, 3.05) is 12.8 Å². The van der Waals surface area contributed by atoms with Gasteiger partial charge >= 0.3 is 0 Å². The van der Waals surface area contributed by atoms with Gasteiger partial charge in [-0.05, 0) is 48.7 Å². The van der Waals surface area contributed by atoms with Gasteiger partial charge in [0.05, 0.1) is 7.11 Å². The summed E-state index contributed by atoms with van der Waals surface area (Å²) < 4.78 is 5.32. The van der Waals surface area contributed by atoms with Crippen molar-refractivity contribution >= 4 is 5.69 Å². The van der Waals surface area contributed by atoms with Crippen LogP contribution in [0.3, 0.4) is 0 Å². The summed E-state index contributed by atoms with van der Waals surface area (Å²) in [6.07, 6.45) is 0. The van der Waals surface area contributed by atoms with Crippen LogP contribution in [0.2, 0.25) is 0 Å². The summed E-state index contributed by atoms with van der Waals surface area (Å²) >= 11 is 0. The number of nitrogens with two attached hydrogens (primary N) is 1. The van der Waals surface area contributed by atoms with Crippen LogP contribution >= 0.6 is 0 Å². The maximum atomic E-state index is 6.01. The van der Waals surface area contributed by atoms with E-state index in [1.54, 1.807) is 7.11 Å². The Balaban J connectivity index is 2.61. The topological polar surface area (TPSA) is 35.2 Å². The van der Waals surface area contributed by atoms with E-state index in [1.165, 1.54) is 11.1 Å². The zero-order valence-corrected chi connectivity index (χ0v) is 10.4. The average molecular weight is 227 g/mol. The first-order valence-corrected chi connectivity index (χ1v) is 5.63. The lowest BCUT2D eigenvalue weighted by molar-refractivity contribution is 0.411. The van der Waals surface area contributed by atoms with Gasteiger partial charge in [0.15, 0.2) is 0 Å². The van der Waals surface area contributed by atoms with Gasteiger partial charge in [-0.25, -0.2) is 0 Å². The van der Waals surface area contributed by atoms with E-state index in [0.29, 0.717) is 0 Å². The zero-order chi connectivity index (χ0) is 12.4. The molecule has 2 aromatic rings. The fraction of sp³-hybridized carbons (Fsp3) is 0.200. The van der Waals surface area contributed by atoms with Crippen molar-refractivity contribution in [3.05, 3.63) is 47.5 Å². The Morgan fingerprint density at radius 2 is 1.65 bits per heavy atom. The third-order valence-electron chi connectivity index (χ3n) is 2.99. The van der Waals surface area contributed by atoms with Gasteiger partial charge in [-0.15, -0.1) is 0 Å². The minimum absolute atomic E-state index is 0.806. The lowest BCUT2D eigenvalue weighted by Crippen LogP contribution is -1.94. The fourth-order valence-corrected chi connectivity index (χ4v) is 2.04. The number of hydrogen-bond acceptors (Lipinski definition) is 2. The summed E-state index contributed by atoms with van der Waals surface area (Å²) in [4.78, 5) is 0. The van der Waals surface area contributed by atoms with Crippen molar-refractivity contribution in [3.8, 4) is 16.9 Å². The van der Waals surface area contributed by atoms with Crippen molar-refractivity contribution in [3.63, 3.8) is 0 Å². The van der Waals surface area contributed by atoms with Crippen LogP contribution in [0.5, 0.6) is 5.75 Å². The Kier molecular flexibility index (Phi) is 3.05. The largest absolute Gasteiger partial charge is 0.496 e. The molecule has 0 aromatic heterocycles. The van der Waals surface area contributed by atoms with Crippen molar-refractivity contribution in [2.24, 2.45) is 0 Å². The highest BCUT2D eigenvalue weighted by Crippen LogP contribution is 2.32. The number of para-hydroxylation sites is 1. The summed E-state index contributed by atoms with van der Waals surface area (Å²) in [7, 11) is 1.69. The van der Waals surface area contributed by atoms with Crippen molar-refractivity contribution in [1.82, 2.24) is 0 Å². The van der Waals surface area contributed by atoms with Crippen LogP contribution in [0.1, 0.15) is 11.1 Å². The van der Waals surface area contributed by atoms with E-state index >= 15 is 0 Å². The Morgan fingerprint density at radius 3 is 2.29 bits per heavy atom. The van der Waals surface area contributed by atoms with Crippen molar-refractivity contribution in [1.29, 1.82) is 0 Å². The summed E-state index contributed by atoms with van der Waals surface area (Å²) in [6, 6.07) is 12.1. The number of nitrogen functional groups attached to an aromatic ring is 1. The van der Waals surface area contributed by atoms with Gasteiger partial charge in [-0.3, -0.25) is 0 Å². The molecular weight excluding hydrogens is 210 g/mol. The summed E-state index contributed by atoms with van der Waals surface area (Å²) in [5.74, 6) is 0.917. The molecule has 0 amide bonds. The Hall–Kier alpha value is -1.96. The van der Waals surface area contributed by atoms with Crippen LogP contribution in [0.4, 0.5) is 5.69 Å². The van der Waals surface area contributed by atoms with Gasteiger partial charge in [0.2, 0.25) is 0 Å². The van der Waals surface area contributed by atoms with Gasteiger partial charge < -0.3 is 10.5 Å².